The van der Waals surface area contributed by atoms with E-state index in [-0.39, 0.29) is 11.3 Å². The maximum Gasteiger partial charge on any atom is 0.293 e. The maximum absolute atomic E-state index is 12.2. The highest BCUT2D eigenvalue weighted by Crippen LogP contribution is 2.11. The molecule has 0 radical (unpaired) electrons. The fourth-order valence-corrected chi connectivity index (χ4v) is 3.19. The quantitative estimate of drug-likeness (QED) is 0.600. The van der Waals surface area contributed by atoms with Crippen LogP contribution in [0.4, 0.5) is 5.82 Å². The molecule has 3 rings (SSSR count). The molecule has 1 aliphatic heterocycles. The van der Waals surface area contributed by atoms with Gasteiger partial charge >= 0.3 is 0 Å². The van der Waals surface area contributed by atoms with Crippen LogP contribution in [0.25, 0.3) is 0 Å². The van der Waals surface area contributed by atoms with Gasteiger partial charge in [-0.3, -0.25) is 9.79 Å². The number of phenols is 1. The lowest BCUT2D eigenvalue weighted by atomic mass is 10.1. The molecule has 8 heteroatoms. The van der Waals surface area contributed by atoms with Gasteiger partial charge in [0.15, 0.2) is 11.8 Å². The van der Waals surface area contributed by atoms with Gasteiger partial charge in [-0.2, -0.15) is 0 Å². The van der Waals surface area contributed by atoms with Gasteiger partial charge in [-0.15, -0.1) is 0 Å². The van der Waals surface area contributed by atoms with Gasteiger partial charge in [-0.05, 0) is 24.1 Å². The number of hydrogen-bond acceptors (Lipinski definition) is 5. The SMILES string of the molecule is CN=C(NCCc1cccc(O)c1)N1CCN(c2nccn(C)c2=O)CC1. The number of aryl methyl sites for hydroxylation is 1. The average Bonchev–Trinajstić information content (AvgIpc) is 2.68. The molecule has 0 bridgehead atoms. The molecule has 2 aromatic rings. The molecule has 0 unspecified atom stereocenters. The van der Waals surface area contributed by atoms with Gasteiger partial charge in [0, 0.05) is 59.2 Å². The number of benzene rings is 1. The second-order valence-electron chi connectivity index (χ2n) is 6.53. The molecule has 0 saturated carbocycles. The van der Waals surface area contributed by atoms with Crippen LogP contribution in [0.3, 0.4) is 0 Å². The molecule has 1 aliphatic rings. The standard InChI is InChI=1S/C19H26N6O2/c1-20-19(22-7-6-15-4-3-5-16(26)14-15)25-12-10-24(11-13-25)17-18(27)23(2)9-8-21-17/h3-5,8-9,14,26H,6-7,10-13H2,1-2H3,(H,20,22). The van der Waals surface area contributed by atoms with Crippen molar-refractivity contribution in [2.45, 2.75) is 6.42 Å². The van der Waals surface area contributed by atoms with Crippen molar-refractivity contribution >= 4 is 11.8 Å². The summed E-state index contributed by atoms with van der Waals surface area (Å²) in [6, 6.07) is 7.29. The van der Waals surface area contributed by atoms with Crippen LogP contribution >= 0.6 is 0 Å². The van der Waals surface area contributed by atoms with Crippen LogP contribution in [0.2, 0.25) is 0 Å². The Morgan fingerprint density at radius 3 is 2.78 bits per heavy atom. The Labute approximate surface area is 158 Å². The number of aromatic nitrogens is 2. The summed E-state index contributed by atoms with van der Waals surface area (Å²) in [7, 11) is 3.51. The van der Waals surface area contributed by atoms with Gasteiger partial charge in [0.05, 0.1) is 0 Å². The van der Waals surface area contributed by atoms with Crippen LogP contribution in [0.5, 0.6) is 5.75 Å². The Kier molecular flexibility index (Phi) is 5.95. The van der Waals surface area contributed by atoms with Crippen molar-refractivity contribution in [1.82, 2.24) is 19.8 Å². The number of nitrogens with zero attached hydrogens (tertiary/aromatic N) is 5. The van der Waals surface area contributed by atoms with Crippen molar-refractivity contribution in [3.63, 3.8) is 0 Å². The van der Waals surface area contributed by atoms with Crippen LogP contribution in [0.1, 0.15) is 5.56 Å². The number of aliphatic imine (C=N–C) groups is 1. The molecule has 0 aliphatic carbocycles. The number of guanidine groups is 1. The van der Waals surface area contributed by atoms with Crippen molar-refractivity contribution in [3.8, 4) is 5.75 Å². The van der Waals surface area contributed by atoms with Gasteiger partial charge in [0.1, 0.15) is 5.75 Å². The Morgan fingerprint density at radius 2 is 2.07 bits per heavy atom. The van der Waals surface area contributed by atoms with E-state index in [1.54, 1.807) is 43.2 Å². The molecular weight excluding hydrogens is 344 g/mol. The summed E-state index contributed by atoms with van der Waals surface area (Å²) in [5.74, 6) is 1.64. The summed E-state index contributed by atoms with van der Waals surface area (Å²) in [5.41, 5.74) is 1.01. The zero-order chi connectivity index (χ0) is 19.2. The average molecular weight is 370 g/mol. The number of aromatic hydroxyl groups is 1. The van der Waals surface area contributed by atoms with Crippen LogP contribution in [-0.2, 0) is 13.5 Å². The van der Waals surface area contributed by atoms with E-state index in [1.165, 1.54) is 0 Å². The zero-order valence-electron chi connectivity index (χ0n) is 15.8. The lowest BCUT2D eigenvalue weighted by molar-refractivity contribution is 0.371. The van der Waals surface area contributed by atoms with E-state index in [0.717, 1.165) is 50.7 Å². The minimum absolute atomic E-state index is 0.0698. The number of nitrogens with one attached hydrogen (secondary N) is 1. The number of piperazine rings is 1. The monoisotopic (exact) mass is 370 g/mol. The first-order chi connectivity index (χ1) is 13.1. The van der Waals surface area contributed by atoms with Gasteiger partial charge < -0.3 is 24.8 Å². The molecule has 8 nitrogen and oxygen atoms in total. The van der Waals surface area contributed by atoms with Crippen LogP contribution in [0.15, 0.2) is 46.4 Å². The minimum atomic E-state index is -0.0698. The summed E-state index contributed by atoms with van der Waals surface area (Å²) in [4.78, 5) is 25.1. The van der Waals surface area contributed by atoms with Gasteiger partial charge in [-0.1, -0.05) is 12.1 Å². The highest BCUT2D eigenvalue weighted by molar-refractivity contribution is 5.80. The van der Waals surface area contributed by atoms with E-state index in [1.807, 2.05) is 17.0 Å². The van der Waals surface area contributed by atoms with Crippen LogP contribution in [0, 0.1) is 0 Å². The van der Waals surface area contributed by atoms with E-state index in [4.69, 9.17) is 0 Å². The zero-order valence-corrected chi connectivity index (χ0v) is 15.8. The Morgan fingerprint density at radius 1 is 1.30 bits per heavy atom. The van der Waals surface area contributed by atoms with E-state index >= 15 is 0 Å². The molecule has 2 heterocycles. The van der Waals surface area contributed by atoms with Crippen LogP contribution in [-0.4, -0.2) is 65.3 Å². The number of hydrogen-bond donors (Lipinski definition) is 2. The Balaban J connectivity index is 1.53. The third kappa shape index (κ3) is 4.58. The normalized spacial score (nSPS) is 15.1. The summed E-state index contributed by atoms with van der Waals surface area (Å²) in [6.45, 7) is 3.72. The molecule has 27 heavy (non-hydrogen) atoms. The Bertz CT molecular complexity index is 855. The van der Waals surface area contributed by atoms with Crippen molar-refractivity contribution in [2.75, 3.05) is 44.7 Å². The fourth-order valence-electron chi connectivity index (χ4n) is 3.19. The van der Waals surface area contributed by atoms with E-state index in [9.17, 15) is 9.90 Å². The molecule has 1 aromatic heterocycles. The molecule has 0 spiro atoms. The second-order valence-corrected chi connectivity index (χ2v) is 6.53. The third-order valence-corrected chi connectivity index (χ3v) is 4.70. The third-order valence-electron chi connectivity index (χ3n) is 4.70. The van der Waals surface area contributed by atoms with Crippen LogP contribution < -0.4 is 15.8 Å². The molecule has 2 N–H and O–H groups in total. The van der Waals surface area contributed by atoms with E-state index in [0.29, 0.717) is 5.82 Å². The number of rotatable bonds is 4. The molecule has 1 fully saturated rings. The Hall–Kier alpha value is -3.03. The lowest BCUT2D eigenvalue weighted by Crippen LogP contribution is -2.53. The molecule has 1 saturated heterocycles. The number of anilines is 1. The molecule has 0 amide bonds. The predicted octanol–water partition coefficient (Wildman–Crippen LogP) is 0.426. The summed E-state index contributed by atoms with van der Waals surface area (Å²) < 4.78 is 1.55. The maximum atomic E-state index is 12.2. The number of phenolic OH excluding ortho intramolecular Hbond substituents is 1. The smallest absolute Gasteiger partial charge is 0.293 e. The summed E-state index contributed by atoms with van der Waals surface area (Å²) >= 11 is 0. The van der Waals surface area contributed by atoms with Gasteiger partial charge in [-0.25, -0.2) is 4.98 Å². The van der Waals surface area contributed by atoms with Crippen molar-refractivity contribution in [2.24, 2.45) is 12.0 Å². The fraction of sp³-hybridized carbons (Fsp3) is 0.421. The van der Waals surface area contributed by atoms with Gasteiger partial charge in [0.25, 0.3) is 5.56 Å². The highest BCUT2D eigenvalue weighted by Gasteiger charge is 2.22. The highest BCUT2D eigenvalue weighted by atomic mass is 16.3. The summed E-state index contributed by atoms with van der Waals surface area (Å²) in [5, 5.41) is 12.9. The topological polar surface area (TPSA) is 86.0 Å². The molecular formula is C19H26N6O2. The van der Waals surface area contributed by atoms with Crippen molar-refractivity contribution in [3.05, 3.63) is 52.6 Å². The molecule has 0 atom stereocenters. The largest absolute Gasteiger partial charge is 0.508 e. The minimum Gasteiger partial charge on any atom is -0.508 e. The van der Waals surface area contributed by atoms with E-state index < -0.39 is 0 Å². The molecule has 1 aromatic carbocycles. The first-order valence-corrected chi connectivity index (χ1v) is 9.08. The van der Waals surface area contributed by atoms with Crippen molar-refractivity contribution in [1.29, 1.82) is 0 Å². The summed E-state index contributed by atoms with van der Waals surface area (Å²) in [6.07, 6.45) is 4.13. The van der Waals surface area contributed by atoms with Gasteiger partial charge in [0.2, 0.25) is 0 Å². The predicted molar refractivity (Wildman–Crippen MR) is 106 cm³/mol. The first kappa shape index (κ1) is 18.8. The van der Waals surface area contributed by atoms with E-state index in [2.05, 4.69) is 20.2 Å². The van der Waals surface area contributed by atoms with Crippen molar-refractivity contribution < 1.29 is 5.11 Å². The first-order valence-electron chi connectivity index (χ1n) is 9.08. The molecule has 144 valence electrons. The lowest BCUT2D eigenvalue weighted by Gasteiger charge is -2.36. The second kappa shape index (κ2) is 8.57.